The van der Waals surface area contributed by atoms with Gasteiger partial charge in [-0.25, -0.2) is 4.39 Å². The van der Waals surface area contributed by atoms with Gasteiger partial charge in [0.25, 0.3) is 0 Å². The number of H-pyrrole nitrogens is 1. The average molecular weight is 304 g/mol. The fraction of sp³-hybridized carbons (Fsp3) is 0.0625. The predicted octanol–water partition coefficient (Wildman–Crippen LogP) is 4.20. The van der Waals surface area contributed by atoms with E-state index >= 15 is 0 Å². The molecule has 0 fully saturated rings. The summed E-state index contributed by atoms with van der Waals surface area (Å²) in [6, 6.07) is 9.70. The number of aromatic nitrogens is 1. The van der Waals surface area contributed by atoms with Gasteiger partial charge < -0.3 is 9.72 Å². The zero-order valence-electron chi connectivity index (χ0n) is 11.1. The van der Waals surface area contributed by atoms with Crippen LogP contribution in [0.3, 0.4) is 0 Å². The van der Waals surface area contributed by atoms with Gasteiger partial charge in [-0.2, -0.15) is 0 Å². The molecule has 2 aromatic carbocycles. The Hall–Kier alpha value is -2.33. The van der Waals surface area contributed by atoms with Crippen LogP contribution in [0.1, 0.15) is 15.9 Å². The van der Waals surface area contributed by atoms with Gasteiger partial charge in [0.15, 0.2) is 11.6 Å². The third-order valence-corrected chi connectivity index (χ3v) is 3.62. The molecule has 5 heteroatoms. The number of nitrogens with one attached hydrogen (secondary N) is 1. The minimum Gasteiger partial charge on any atom is -0.497 e. The number of carbonyl (C=O) groups excluding carboxylic acids is 1. The lowest BCUT2D eigenvalue weighted by Crippen LogP contribution is -2.04. The zero-order chi connectivity index (χ0) is 15.0. The molecule has 0 aliphatic rings. The van der Waals surface area contributed by atoms with Crippen molar-refractivity contribution in [2.75, 3.05) is 7.11 Å². The summed E-state index contributed by atoms with van der Waals surface area (Å²) >= 11 is 5.73. The lowest BCUT2D eigenvalue weighted by Gasteiger charge is -2.04. The summed E-state index contributed by atoms with van der Waals surface area (Å²) in [4.78, 5) is 15.5. The molecule has 1 heterocycles. The van der Waals surface area contributed by atoms with Crippen molar-refractivity contribution in [1.29, 1.82) is 0 Å². The third-order valence-electron chi connectivity index (χ3n) is 3.33. The van der Waals surface area contributed by atoms with Crippen LogP contribution in [0.4, 0.5) is 4.39 Å². The Bertz CT molecular complexity index is 841. The van der Waals surface area contributed by atoms with E-state index in [1.54, 1.807) is 37.6 Å². The Kier molecular flexibility index (Phi) is 3.39. The van der Waals surface area contributed by atoms with Crippen molar-refractivity contribution in [2.45, 2.75) is 0 Å². The number of rotatable bonds is 3. The van der Waals surface area contributed by atoms with Crippen molar-refractivity contribution in [3.8, 4) is 5.75 Å². The molecule has 0 amide bonds. The Balaban J connectivity index is 2.15. The Morgan fingerprint density at radius 2 is 2.05 bits per heavy atom. The molecule has 0 spiro atoms. The first-order valence-electron chi connectivity index (χ1n) is 6.25. The van der Waals surface area contributed by atoms with Gasteiger partial charge in [0.2, 0.25) is 0 Å². The Morgan fingerprint density at radius 3 is 2.81 bits per heavy atom. The number of halogens is 2. The van der Waals surface area contributed by atoms with Crippen LogP contribution in [-0.4, -0.2) is 17.9 Å². The minimum absolute atomic E-state index is 0.0498. The van der Waals surface area contributed by atoms with Gasteiger partial charge in [-0.1, -0.05) is 17.7 Å². The number of hydrogen-bond donors (Lipinski definition) is 1. The largest absolute Gasteiger partial charge is 0.497 e. The van der Waals surface area contributed by atoms with Gasteiger partial charge in [0, 0.05) is 22.7 Å². The van der Waals surface area contributed by atoms with E-state index < -0.39 is 11.6 Å². The topological polar surface area (TPSA) is 42.1 Å². The second-order valence-electron chi connectivity index (χ2n) is 4.54. The van der Waals surface area contributed by atoms with E-state index in [0.717, 1.165) is 5.52 Å². The highest BCUT2D eigenvalue weighted by molar-refractivity contribution is 6.31. The molecule has 0 aliphatic heterocycles. The van der Waals surface area contributed by atoms with Gasteiger partial charge in [-0.3, -0.25) is 4.79 Å². The van der Waals surface area contributed by atoms with Crippen LogP contribution in [0.15, 0.2) is 42.6 Å². The number of benzene rings is 2. The maximum absolute atomic E-state index is 14.0. The zero-order valence-corrected chi connectivity index (χ0v) is 11.9. The quantitative estimate of drug-likeness (QED) is 0.737. The van der Waals surface area contributed by atoms with Crippen LogP contribution in [0, 0.1) is 5.82 Å². The summed E-state index contributed by atoms with van der Waals surface area (Å²) in [5, 5.41) is 0.608. The molecule has 3 nitrogen and oxygen atoms in total. The fourth-order valence-electron chi connectivity index (χ4n) is 2.24. The second kappa shape index (κ2) is 5.22. The van der Waals surface area contributed by atoms with E-state index in [1.807, 2.05) is 0 Å². The summed E-state index contributed by atoms with van der Waals surface area (Å²) < 4.78 is 19.2. The fourth-order valence-corrected chi connectivity index (χ4v) is 2.41. The summed E-state index contributed by atoms with van der Waals surface area (Å²) in [7, 11) is 1.55. The maximum atomic E-state index is 14.0. The van der Waals surface area contributed by atoms with E-state index in [0.29, 0.717) is 16.7 Å². The number of hydrogen-bond acceptors (Lipinski definition) is 2. The highest BCUT2D eigenvalue weighted by atomic mass is 35.5. The van der Waals surface area contributed by atoms with Gasteiger partial charge >= 0.3 is 0 Å². The first-order chi connectivity index (χ1) is 10.1. The monoisotopic (exact) mass is 303 g/mol. The first kappa shape index (κ1) is 13.6. The molecule has 21 heavy (non-hydrogen) atoms. The van der Waals surface area contributed by atoms with Gasteiger partial charge in [0.1, 0.15) is 5.75 Å². The van der Waals surface area contributed by atoms with Gasteiger partial charge in [-0.15, -0.1) is 0 Å². The number of carbonyl (C=O) groups is 1. The van der Waals surface area contributed by atoms with Crippen LogP contribution < -0.4 is 4.74 Å². The van der Waals surface area contributed by atoms with Crippen LogP contribution in [0.2, 0.25) is 5.02 Å². The maximum Gasteiger partial charge on any atom is 0.198 e. The number of ketones is 1. The summed E-state index contributed by atoms with van der Waals surface area (Å²) in [6.45, 7) is 0. The molecule has 1 N–H and O–H groups in total. The van der Waals surface area contributed by atoms with E-state index in [1.165, 1.54) is 12.1 Å². The highest BCUT2D eigenvalue weighted by Crippen LogP contribution is 2.27. The number of methoxy groups -OCH3 is 1. The average Bonchev–Trinajstić information content (AvgIpc) is 2.92. The summed E-state index contributed by atoms with van der Waals surface area (Å²) in [6.07, 6.45) is 1.56. The number of ether oxygens (including phenoxy) is 1. The molecule has 3 rings (SSSR count). The van der Waals surface area contributed by atoms with E-state index in [2.05, 4.69) is 4.98 Å². The molecule has 0 bridgehead atoms. The lowest BCUT2D eigenvalue weighted by atomic mass is 10.0. The molecule has 0 radical (unpaired) electrons. The Morgan fingerprint density at radius 1 is 1.24 bits per heavy atom. The normalized spacial score (nSPS) is 10.8. The smallest absolute Gasteiger partial charge is 0.198 e. The molecule has 0 saturated carbocycles. The van der Waals surface area contributed by atoms with Crippen LogP contribution >= 0.6 is 11.6 Å². The SMILES string of the molecule is COc1ccc2[nH]cc(C(=O)c3cccc(Cl)c3F)c2c1. The molecule has 0 unspecified atom stereocenters. The van der Waals surface area contributed by atoms with Crippen LogP contribution in [0.5, 0.6) is 5.75 Å². The lowest BCUT2D eigenvalue weighted by molar-refractivity contribution is 0.103. The third kappa shape index (κ3) is 2.28. The van der Waals surface area contributed by atoms with Crippen LogP contribution in [0.25, 0.3) is 10.9 Å². The van der Waals surface area contributed by atoms with Crippen molar-refractivity contribution in [3.63, 3.8) is 0 Å². The molecular formula is C16H11ClFNO2. The van der Waals surface area contributed by atoms with Gasteiger partial charge in [0.05, 0.1) is 17.7 Å². The van der Waals surface area contributed by atoms with Crippen molar-refractivity contribution in [1.82, 2.24) is 4.98 Å². The molecule has 0 saturated heterocycles. The minimum atomic E-state index is -0.707. The molecule has 0 aliphatic carbocycles. The van der Waals surface area contributed by atoms with Crippen LogP contribution in [-0.2, 0) is 0 Å². The van der Waals surface area contributed by atoms with Gasteiger partial charge in [-0.05, 0) is 30.3 Å². The molecular weight excluding hydrogens is 293 g/mol. The van der Waals surface area contributed by atoms with E-state index in [-0.39, 0.29) is 10.6 Å². The standard InChI is InChI=1S/C16H11ClFNO2/c1-21-9-5-6-14-11(7-9)12(8-19-14)16(20)10-3-2-4-13(17)15(10)18/h2-8,19H,1H3. The summed E-state index contributed by atoms with van der Waals surface area (Å²) in [5.41, 5.74) is 1.11. The van der Waals surface area contributed by atoms with Crippen molar-refractivity contribution in [2.24, 2.45) is 0 Å². The number of fused-ring (bicyclic) bond motifs is 1. The molecule has 3 aromatic rings. The molecule has 1 aromatic heterocycles. The second-order valence-corrected chi connectivity index (χ2v) is 4.95. The number of aromatic amines is 1. The van der Waals surface area contributed by atoms with Crippen molar-refractivity contribution >= 4 is 28.3 Å². The summed E-state index contributed by atoms with van der Waals surface area (Å²) in [5.74, 6) is -0.501. The van der Waals surface area contributed by atoms with E-state index in [4.69, 9.17) is 16.3 Å². The Labute approximate surface area is 125 Å². The molecule has 0 atom stereocenters. The highest BCUT2D eigenvalue weighted by Gasteiger charge is 2.19. The first-order valence-corrected chi connectivity index (χ1v) is 6.63. The van der Waals surface area contributed by atoms with E-state index in [9.17, 15) is 9.18 Å². The molecule has 106 valence electrons. The van der Waals surface area contributed by atoms with Crippen molar-refractivity contribution < 1.29 is 13.9 Å². The van der Waals surface area contributed by atoms with Crippen molar-refractivity contribution in [3.05, 3.63) is 64.6 Å². The predicted molar refractivity (Wildman–Crippen MR) is 79.7 cm³/mol.